The lowest BCUT2D eigenvalue weighted by Gasteiger charge is -2.51. The Morgan fingerprint density at radius 3 is 0.833 bits per heavy atom. The molecule has 12 rings (SSSR count). The molecule has 18 nitrogen and oxygen atoms in total. The van der Waals surface area contributed by atoms with Crippen molar-refractivity contribution in [2.24, 2.45) is 5.11 Å². The van der Waals surface area contributed by atoms with Gasteiger partial charge in [0, 0.05) is 4.91 Å². The molecule has 0 amide bonds. The van der Waals surface area contributed by atoms with Crippen molar-refractivity contribution < 1.29 is 71.1 Å². The van der Waals surface area contributed by atoms with Gasteiger partial charge in [-0.2, -0.15) is 0 Å². The molecule has 0 saturated carbocycles. The molecule has 102 heavy (non-hydrogen) atoms. The fourth-order valence-corrected chi connectivity index (χ4v) is 12.7. The molecule has 0 bridgehead atoms. The van der Waals surface area contributed by atoms with Crippen molar-refractivity contribution in [3.05, 3.63) is 334 Å². The molecule has 3 heterocycles. The Hall–Kier alpha value is -8.75. The minimum absolute atomic E-state index is 0.0296. The number of ether oxygens (including phenoxy) is 15. The Kier molecular flexibility index (Phi) is 28.4. The van der Waals surface area contributed by atoms with Crippen molar-refractivity contribution in [3.8, 4) is 12.3 Å². The van der Waals surface area contributed by atoms with Crippen LogP contribution in [0.1, 0.15) is 50.1 Å². The fourth-order valence-electron chi connectivity index (χ4n) is 12.7. The van der Waals surface area contributed by atoms with Crippen LogP contribution in [0.4, 0.5) is 0 Å². The summed E-state index contributed by atoms with van der Waals surface area (Å²) in [6, 6.07) is 88.6. The highest BCUT2D eigenvalue weighted by atomic mass is 16.8. The number of hydrogen-bond donors (Lipinski definition) is 0. The molecule has 0 unspecified atom stereocenters. The molecule has 0 aliphatic carbocycles. The lowest BCUT2D eigenvalue weighted by atomic mass is 9.94. The molecular weight excluding hydrogens is 1290 g/mol. The maximum absolute atomic E-state index is 10.4. The van der Waals surface area contributed by atoms with Crippen molar-refractivity contribution in [3.63, 3.8) is 0 Å². The number of hydrogen-bond acceptors (Lipinski definition) is 16. The van der Waals surface area contributed by atoms with E-state index in [0.29, 0.717) is 0 Å². The largest absolute Gasteiger partial charge is 0.374 e. The molecule has 9 aromatic rings. The summed E-state index contributed by atoms with van der Waals surface area (Å²) >= 11 is 0. The minimum atomic E-state index is -1.35. The minimum Gasteiger partial charge on any atom is -0.374 e. The van der Waals surface area contributed by atoms with Crippen LogP contribution in [0.15, 0.2) is 278 Å². The molecule has 0 radical (unpaired) electrons. The molecule has 3 fully saturated rings. The molecule has 528 valence electrons. The zero-order valence-corrected chi connectivity index (χ0v) is 56.9. The van der Waals surface area contributed by atoms with Crippen LogP contribution in [0.3, 0.4) is 0 Å². The van der Waals surface area contributed by atoms with Gasteiger partial charge in [0.25, 0.3) is 0 Å². The maximum atomic E-state index is 10.4. The first kappa shape index (κ1) is 73.0. The second-order valence-electron chi connectivity index (χ2n) is 25.1. The van der Waals surface area contributed by atoms with Gasteiger partial charge in [-0.25, -0.2) is 0 Å². The Bertz CT molecular complexity index is 3890. The topological polar surface area (TPSA) is 187 Å². The quantitative estimate of drug-likeness (QED) is 0.0155. The predicted molar refractivity (Wildman–Crippen MR) is 382 cm³/mol. The standard InChI is InChI=1S/C84H87N3O15/c1-2-48-91-73-70(58-88-49-61-30-12-3-13-31-61)99-83(80(96-56-68-44-26-10-27-45-68)76(73)92-52-64-36-18-6-19-37-64)102-75-72(60-90-51-63-34-16-5-17-35-63)100-84(81(97-57-69-46-28-11-29-47-69)78(75)94-54-66-40-22-8-23-41-66)101-74-71(59-89-50-62-32-14-4-15-33-62)98-82(86-87-85)79(95-55-67-42-24-9-25-43-67)77(74)93-53-65-38-20-7-21-39-65/h1,3-47,70-84H,48-60H2/t70-,71-,72-,73-,74-,75-,76+,77+,78+,79+,80+,81+,82+,83-,84-/m1/s1. The van der Waals surface area contributed by atoms with E-state index in [9.17, 15) is 5.53 Å². The van der Waals surface area contributed by atoms with Crippen LogP contribution in [0.2, 0.25) is 0 Å². The van der Waals surface area contributed by atoms with Gasteiger partial charge in [-0.3, -0.25) is 0 Å². The molecule has 15 atom stereocenters. The molecule has 0 spiro atoms. The summed E-state index contributed by atoms with van der Waals surface area (Å²) in [6.45, 7) is 1.14. The molecule has 3 aliphatic heterocycles. The Balaban J connectivity index is 0.985. The van der Waals surface area contributed by atoms with E-state index < -0.39 is 92.1 Å². The summed E-state index contributed by atoms with van der Waals surface area (Å²) in [5.74, 6) is 2.69. The average Bonchev–Trinajstić information content (AvgIpc) is 0.766. The summed E-state index contributed by atoms with van der Waals surface area (Å²) < 4.78 is 107. The second-order valence-corrected chi connectivity index (χ2v) is 25.1. The van der Waals surface area contributed by atoms with Crippen LogP contribution in [0.25, 0.3) is 10.4 Å². The maximum Gasteiger partial charge on any atom is 0.187 e. The lowest BCUT2D eigenvalue weighted by Crippen LogP contribution is -2.68. The highest BCUT2D eigenvalue weighted by Crippen LogP contribution is 2.40. The molecule has 0 N–H and O–H groups in total. The van der Waals surface area contributed by atoms with Crippen LogP contribution in [0.5, 0.6) is 0 Å². The van der Waals surface area contributed by atoms with E-state index in [1.54, 1.807) is 0 Å². The average molecular weight is 1380 g/mol. The van der Waals surface area contributed by atoms with Crippen molar-refractivity contribution in [2.75, 3.05) is 26.4 Å². The summed E-state index contributed by atoms with van der Waals surface area (Å²) in [4.78, 5) is 3.31. The summed E-state index contributed by atoms with van der Waals surface area (Å²) in [5, 5.41) is 4.26. The van der Waals surface area contributed by atoms with Gasteiger partial charge in [-0.05, 0) is 55.6 Å². The Morgan fingerprint density at radius 1 is 0.294 bits per heavy atom. The van der Waals surface area contributed by atoms with Gasteiger partial charge in [-0.1, -0.05) is 284 Å². The van der Waals surface area contributed by atoms with Gasteiger partial charge >= 0.3 is 0 Å². The molecule has 3 saturated heterocycles. The monoisotopic (exact) mass is 1380 g/mol. The first-order valence-corrected chi connectivity index (χ1v) is 34.7. The fraction of sp³-hybridized carbons (Fsp3) is 0.333. The summed E-state index contributed by atoms with van der Waals surface area (Å²) in [5.41, 5.74) is 18.4. The van der Waals surface area contributed by atoms with E-state index in [1.165, 1.54) is 0 Å². The summed E-state index contributed by atoms with van der Waals surface area (Å²) in [7, 11) is 0. The van der Waals surface area contributed by atoms with E-state index >= 15 is 0 Å². The first-order chi connectivity index (χ1) is 50.5. The Labute approximate surface area is 597 Å². The number of nitrogens with zero attached hydrogens (tertiary/aromatic N) is 3. The summed E-state index contributed by atoms with van der Waals surface area (Å²) in [6.07, 6.45) is -10.1. The molecular formula is C84H87N3O15. The van der Waals surface area contributed by atoms with Crippen molar-refractivity contribution in [1.29, 1.82) is 0 Å². The van der Waals surface area contributed by atoms with E-state index in [1.807, 2.05) is 273 Å². The van der Waals surface area contributed by atoms with Crippen LogP contribution in [-0.4, -0.2) is 118 Å². The van der Waals surface area contributed by atoms with Crippen molar-refractivity contribution in [2.45, 2.75) is 152 Å². The normalized spacial score (nSPS) is 24.8. The third-order valence-electron chi connectivity index (χ3n) is 17.8. The highest BCUT2D eigenvalue weighted by molar-refractivity contribution is 5.21. The zero-order chi connectivity index (χ0) is 69.6. The smallest absolute Gasteiger partial charge is 0.187 e. The molecule has 3 aliphatic rings. The van der Waals surface area contributed by atoms with Crippen LogP contribution >= 0.6 is 0 Å². The number of terminal acetylenes is 1. The SMILES string of the molecule is C#CCO[C@H]1[C@H](OCc2ccccc2)[C@H](OCc2ccccc2)[C@@H](O[C@H]2[C@H](OCc3ccccc3)[C@H](OCc3ccccc3)[C@@H](O[C@H]3[C@H](OCc4ccccc4)[C@H](OCc4ccccc4)[C@@H](N=[N+]=[N-])O[C@@H]3COCc3ccccc3)O[C@@H]2COCc2ccccc2)O[C@@H]1COCc1ccccc1. The van der Waals surface area contributed by atoms with Crippen molar-refractivity contribution in [1.82, 2.24) is 0 Å². The highest BCUT2D eigenvalue weighted by Gasteiger charge is 2.57. The molecule has 18 heteroatoms. The van der Waals surface area contributed by atoms with Crippen LogP contribution < -0.4 is 0 Å². The first-order valence-electron chi connectivity index (χ1n) is 34.7. The van der Waals surface area contributed by atoms with Gasteiger partial charge in [-0.15, -0.1) is 6.42 Å². The van der Waals surface area contributed by atoms with Gasteiger partial charge in [0.15, 0.2) is 18.8 Å². The number of azide groups is 1. The third kappa shape index (κ3) is 21.4. The van der Waals surface area contributed by atoms with Crippen LogP contribution in [-0.2, 0) is 131 Å². The van der Waals surface area contributed by atoms with E-state index in [0.717, 1.165) is 50.1 Å². The molecule has 9 aromatic carbocycles. The van der Waals surface area contributed by atoms with Gasteiger partial charge in [0.1, 0.15) is 79.9 Å². The van der Waals surface area contributed by atoms with E-state index in [-0.39, 0.29) is 85.9 Å². The van der Waals surface area contributed by atoms with Gasteiger partial charge < -0.3 is 71.1 Å². The lowest BCUT2D eigenvalue weighted by molar-refractivity contribution is -0.389. The van der Waals surface area contributed by atoms with Crippen LogP contribution in [0, 0.1) is 12.3 Å². The van der Waals surface area contributed by atoms with Crippen molar-refractivity contribution >= 4 is 0 Å². The van der Waals surface area contributed by atoms with E-state index in [4.69, 9.17) is 77.5 Å². The predicted octanol–water partition coefficient (Wildman–Crippen LogP) is 14.4. The Morgan fingerprint density at radius 2 is 0.539 bits per heavy atom. The van der Waals surface area contributed by atoms with Gasteiger partial charge in [0.05, 0.1) is 79.3 Å². The number of benzene rings is 9. The molecule has 0 aromatic heterocycles. The third-order valence-corrected chi connectivity index (χ3v) is 17.8. The second kappa shape index (κ2) is 39.6. The number of rotatable bonds is 37. The zero-order valence-electron chi connectivity index (χ0n) is 56.9. The van der Waals surface area contributed by atoms with E-state index in [2.05, 4.69) is 15.9 Å². The van der Waals surface area contributed by atoms with Gasteiger partial charge in [0.2, 0.25) is 0 Å².